The minimum Gasteiger partial charge on any atom is -0.312 e. The molecule has 0 amide bonds. The van der Waals surface area contributed by atoms with Crippen LogP contribution in [0.3, 0.4) is 0 Å². The molecule has 1 aromatic rings. The molecular formula is C11H18BrNO2S2. The quantitative estimate of drug-likeness (QED) is 0.866. The summed E-state index contributed by atoms with van der Waals surface area (Å²) in [6.07, 6.45) is 2.82. The number of aryl methyl sites for hydroxylation is 1. The van der Waals surface area contributed by atoms with Gasteiger partial charge in [0.2, 0.25) is 0 Å². The van der Waals surface area contributed by atoms with E-state index in [1.54, 1.807) is 11.3 Å². The monoisotopic (exact) mass is 339 g/mol. The van der Waals surface area contributed by atoms with Crippen LogP contribution in [0.5, 0.6) is 0 Å². The summed E-state index contributed by atoms with van der Waals surface area (Å²) in [5.74, 6) is 0.261. The van der Waals surface area contributed by atoms with Crippen LogP contribution < -0.4 is 5.32 Å². The molecule has 6 heteroatoms. The molecular weight excluding hydrogens is 322 g/mol. The molecule has 1 N–H and O–H groups in total. The zero-order valence-electron chi connectivity index (χ0n) is 10.3. The molecule has 0 saturated carbocycles. The first-order chi connectivity index (χ1) is 7.83. The first-order valence-corrected chi connectivity index (χ1v) is 9.11. The van der Waals surface area contributed by atoms with Gasteiger partial charge < -0.3 is 5.32 Å². The summed E-state index contributed by atoms with van der Waals surface area (Å²) < 4.78 is 23.3. The lowest BCUT2D eigenvalue weighted by molar-refractivity contribution is 0.543. The average molecular weight is 340 g/mol. The normalized spacial score (nSPS) is 13.9. The summed E-state index contributed by atoms with van der Waals surface area (Å²) in [6.45, 7) is 2.06. The first-order valence-electron chi connectivity index (χ1n) is 5.44. The van der Waals surface area contributed by atoms with Crippen molar-refractivity contribution in [1.82, 2.24) is 5.32 Å². The zero-order valence-corrected chi connectivity index (χ0v) is 13.5. The Hall–Kier alpha value is 0.0900. The van der Waals surface area contributed by atoms with E-state index >= 15 is 0 Å². The summed E-state index contributed by atoms with van der Waals surface area (Å²) in [5, 5.41) is 3.24. The standard InChI is InChI=1S/C11H18BrNO2S2/c1-8-7-10(16-11(8)12)9(13-2)5-4-6-17(3,14)15/h7,9,13H,4-6H2,1-3H3. The number of rotatable bonds is 6. The Kier molecular flexibility index (Phi) is 5.63. The number of halogens is 1. The third-order valence-electron chi connectivity index (χ3n) is 2.58. The summed E-state index contributed by atoms with van der Waals surface area (Å²) in [7, 11) is -0.936. The van der Waals surface area contributed by atoms with Gasteiger partial charge in [-0.2, -0.15) is 0 Å². The largest absolute Gasteiger partial charge is 0.312 e. The van der Waals surface area contributed by atoms with Crippen LogP contribution >= 0.6 is 27.3 Å². The Balaban J connectivity index is 2.60. The highest BCUT2D eigenvalue weighted by molar-refractivity contribution is 9.11. The molecule has 0 aliphatic carbocycles. The Bertz CT molecular complexity index is 448. The van der Waals surface area contributed by atoms with E-state index < -0.39 is 9.84 Å². The van der Waals surface area contributed by atoms with Crippen molar-refractivity contribution >= 4 is 37.1 Å². The van der Waals surface area contributed by atoms with Gasteiger partial charge in [-0.15, -0.1) is 11.3 Å². The second-order valence-electron chi connectivity index (χ2n) is 4.22. The van der Waals surface area contributed by atoms with Gasteiger partial charge in [0.1, 0.15) is 9.84 Å². The van der Waals surface area contributed by atoms with E-state index in [1.807, 2.05) is 7.05 Å². The summed E-state index contributed by atoms with van der Waals surface area (Å²) in [5.41, 5.74) is 1.23. The first kappa shape index (κ1) is 15.1. The maximum absolute atomic E-state index is 11.1. The van der Waals surface area contributed by atoms with E-state index in [0.717, 1.165) is 10.2 Å². The number of hydrogen-bond donors (Lipinski definition) is 1. The molecule has 0 aliphatic heterocycles. The van der Waals surface area contributed by atoms with Crippen molar-refractivity contribution in [2.45, 2.75) is 25.8 Å². The molecule has 0 aliphatic rings. The van der Waals surface area contributed by atoms with Gasteiger partial charge in [0.05, 0.1) is 3.79 Å². The van der Waals surface area contributed by atoms with Gasteiger partial charge in [0.15, 0.2) is 0 Å². The van der Waals surface area contributed by atoms with Crippen LogP contribution in [0.2, 0.25) is 0 Å². The Morgan fingerprint density at radius 2 is 2.18 bits per heavy atom. The van der Waals surface area contributed by atoms with Crippen LogP contribution in [0.4, 0.5) is 0 Å². The molecule has 1 rings (SSSR count). The predicted octanol–water partition coefficient (Wildman–Crippen LogP) is 2.90. The number of nitrogens with one attached hydrogen (secondary N) is 1. The molecule has 0 saturated heterocycles. The summed E-state index contributed by atoms with van der Waals surface area (Å²) in [6, 6.07) is 2.39. The van der Waals surface area contributed by atoms with E-state index in [-0.39, 0.29) is 11.8 Å². The smallest absolute Gasteiger partial charge is 0.147 e. The Labute approximate surface area is 116 Å². The number of hydrogen-bond acceptors (Lipinski definition) is 4. The van der Waals surface area contributed by atoms with Crippen LogP contribution in [0.15, 0.2) is 9.85 Å². The van der Waals surface area contributed by atoms with E-state index in [9.17, 15) is 8.42 Å². The molecule has 1 aromatic heterocycles. The van der Waals surface area contributed by atoms with Crippen molar-refractivity contribution in [3.63, 3.8) is 0 Å². The van der Waals surface area contributed by atoms with Crippen molar-refractivity contribution in [2.24, 2.45) is 0 Å². The third-order valence-corrected chi connectivity index (χ3v) is 5.86. The molecule has 0 bridgehead atoms. The van der Waals surface area contributed by atoms with Gasteiger partial charge in [-0.05, 0) is 54.4 Å². The fourth-order valence-electron chi connectivity index (χ4n) is 1.63. The average Bonchev–Trinajstić information content (AvgIpc) is 2.52. The van der Waals surface area contributed by atoms with E-state index in [4.69, 9.17) is 0 Å². The van der Waals surface area contributed by atoms with Crippen LogP contribution in [-0.4, -0.2) is 27.5 Å². The second-order valence-corrected chi connectivity index (χ2v) is 8.88. The highest BCUT2D eigenvalue weighted by Crippen LogP contribution is 2.33. The fraction of sp³-hybridized carbons (Fsp3) is 0.636. The van der Waals surface area contributed by atoms with Crippen molar-refractivity contribution in [2.75, 3.05) is 19.1 Å². The van der Waals surface area contributed by atoms with E-state index in [1.165, 1.54) is 16.7 Å². The van der Waals surface area contributed by atoms with Gasteiger partial charge in [0.25, 0.3) is 0 Å². The van der Waals surface area contributed by atoms with Gasteiger partial charge in [-0.1, -0.05) is 0 Å². The minimum absolute atomic E-state index is 0.242. The van der Waals surface area contributed by atoms with Crippen LogP contribution in [0.1, 0.15) is 29.3 Å². The molecule has 17 heavy (non-hydrogen) atoms. The molecule has 0 radical (unpaired) electrons. The molecule has 1 heterocycles. The van der Waals surface area contributed by atoms with Crippen molar-refractivity contribution < 1.29 is 8.42 Å². The molecule has 0 fully saturated rings. The molecule has 0 spiro atoms. The highest BCUT2D eigenvalue weighted by atomic mass is 79.9. The fourth-order valence-corrected chi connectivity index (χ4v) is 4.04. The zero-order chi connectivity index (χ0) is 13.1. The molecule has 0 aromatic carbocycles. The number of sulfone groups is 1. The summed E-state index contributed by atoms with van der Waals surface area (Å²) in [4.78, 5) is 1.25. The maximum atomic E-state index is 11.1. The van der Waals surface area contributed by atoms with Crippen molar-refractivity contribution in [3.8, 4) is 0 Å². The molecule has 3 nitrogen and oxygen atoms in total. The second kappa shape index (κ2) is 6.31. The topological polar surface area (TPSA) is 46.2 Å². The van der Waals surface area contributed by atoms with Crippen LogP contribution in [-0.2, 0) is 9.84 Å². The van der Waals surface area contributed by atoms with Crippen LogP contribution in [0, 0.1) is 6.92 Å². The molecule has 1 atom stereocenters. The van der Waals surface area contributed by atoms with Crippen LogP contribution in [0.25, 0.3) is 0 Å². The van der Waals surface area contributed by atoms with E-state index in [2.05, 4.69) is 34.2 Å². The minimum atomic E-state index is -2.85. The molecule has 1 unspecified atom stereocenters. The maximum Gasteiger partial charge on any atom is 0.147 e. The lowest BCUT2D eigenvalue weighted by Crippen LogP contribution is -2.16. The van der Waals surface area contributed by atoms with Gasteiger partial charge in [0, 0.05) is 22.9 Å². The summed E-state index contributed by atoms with van der Waals surface area (Å²) >= 11 is 5.22. The van der Waals surface area contributed by atoms with Gasteiger partial charge in [-0.3, -0.25) is 0 Å². The lowest BCUT2D eigenvalue weighted by Gasteiger charge is -2.13. The van der Waals surface area contributed by atoms with Gasteiger partial charge in [-0.25, -0.2) is 8.42 Å². The van der Waals surface area contributed by atoms with Crippen molar-refractivity contribution in [1.29, 1.82) is 0 Å². The Morgan fingerprint density at radius 1 is 1.53 bits per heavy atom. The lowest BCUT2D eigenvalue weighted by atomic mass is 10.1. The van der Waals surface area contributed by atoms with Gasteiger partial charge >= 0.3 is 0 Å². The highest BCUT2D eigenvalue weighted by Gasteiger charge is 2.14. The third kappa shape index (κ3) is 5.07. The molecule has 98 valence electrons. The number of thiophene rings is 1. The predicted molar refractivity (Wildman–Crippen MR) is 77.5 cm³/mol. The van der Waals surface area contributed by atoms with Crippen molar-refractivity contribution in [3.05, 3.63) is 20.3 Å². The SMILES string of the molecule is CNC(CCCS(C)(=O)=O)c1cc(C)c(Br)s1. The van der Waals surface area contributed by atoms with E-state index in [0.29, 0.717) is 6.42 Å². The Morgan fingerprint density at radius 3 is 2.59 bits per heavy atom.